The molecular formula is C18H14FNO. The minimum absolute atomic E-state index is 0.00328. The smallest absolute Gasteiger partial charge is 0.141 e. The van der Waals surface area contributed by atoms with E-state index in [2.05, 4.69) is 4.98 Å². The Balaban J connectivity index is 1.82. The highest BCUT2D eigenvalue weighted by Crippen LogP contribution is 2.18. The molecule has 104 valence electrons. The molecule has 0 amide bonds. The lowest BCUT2D eigenvalue weighted by molar-refractivity contribution is -0.117. The largest absolute Gasteiger partial charge is 0.299 e. The normalized spacial score (nSPS) is 10.7. The van der Waals surface area contributed by atoms with E-state index in [-0.39, 0.29) is 24.4 Å². The van der Waals surface area contributed by atoms with Crippen molar-refractivity contribution in [3.63, 3.8) is 0 Å². The number of carbonyl (C=O) groups excluding carboxylic acids is 1. The molecule has 3 heteroatoms. The Morgan fingerprint density at radius 3 is 2.48 bits per heavy atom. The number of pyridine rings is 1. The fourth-order valence-electron chi connectivity index (χ4n) is 2.44. The van der Waals surface area contributed by atoms with Gasteiger partial charge in [0.25, 0.3) is 0 Å². The maximum atomic E-state index is 13.6. The molecule has 0 saturated carbocycles. The molecule has 2 nitrogen and oxygen atoms in total. The summed E-state index contributed by atoms with van der Waals surface area (Å²) in [5.74, 6) is -0.332. The van der Waals surface area contributed by atoms with E-state index in [1.807, 2.05) is 30.3 Å². The van der Waals surface area contributed by atoms with Gasteiger partial charge in [0, 0.05) is 24.4 Å². The molecule has 1 heterocycles. The summed E-state index contributed by atoms with van der Waals surface area (Å²) in [7, 11) is 0. The summed E-state index contributed by atoms with van der Waals surface area (Å²) in [6.45, 7) is 0. The number of aromatic nitrogens is 1. The Labute approximate surface area is 122 Å². The van der Waals surface area contributed by atoms with Crippen LogP contribution in [0.4, 0.5) is 4.39 Å². The highest BCUT2D eigenvalue weighted by Gasteiger charge is 2.10. The lowest BCUT2D eigenvalue weighted by atomic mass is 10.00. The first kappa shape index (κ1) is 13.4. The second-order valence-corrected chi connectivity index (χ2v) is 4.97. The average molecular weight is 279 g/mol. The zero-order valence-corrected chi connectivity index (χ0v) is 11.4. The van der Waals surface area contributed by atoms with Crippen LogP contribution in [0.2, 0.25) is 0 Å². The first-order chi connectivity index (χ1) is 10.2. The number of ketones is 1. The molecule has 0 radical (unpaired) electrons. The van der Waals surface area contributed by atoms with E-state index in [1.165, 1.54) is 6.07 Å². The zero-order chi connectivity index (χ0) is 14.7. The molecule has 3 aromatic rings. The highest BCUT2D eigenvalue weighted by atomic mass is 19.1. The van der Waals surface area contributed by atoms with Gasteiger partial charge in [0.15, 0.2) is 0 Å². The van der Waals surface area contributed by atoms with Crippen LogP contribution in [-0.2, 0) is 17.6 Å². The van der Waals surface area contributed by atoms with Crippen LogP contribution in [0.15, 0.2) is 60.8 Å². The van der Waals surface area contributed by atoms with Gasteiger partial charge in [0.05, 0.1) is 5.52 Å². The topological polar surface area (TPSA) is 30.0 Å². The van der Waals surface area contributed by atoms with Crippen molar-refractivity contribution < 1.29 is 9.18 Å². The number of carbonyl (C=O) groups is 1. The molecule has 0 aliphatic heterocycles. The van der Waals surface area contributed by atoms with Gasteiger partial charge in [-0.15, -0.1) is 0 Å². The van der Waals surface area contributed by atoms with Gasteiger partial charge in [-0.25, -0.2) is 4.39 Å². The standard InChI is InChI=1S/C18H14FNO/c19-17-7-3-1-5-14(17)12-15(21)11-13-9-10-20-18-8-4-2-6-16(13)18/h1-10H,11-12H2. The van der Waals surface area contributed by atoms with Crippen molar-refractivity contribution in [3.05, 3.63) is 77.7 Å². The number of hydrogen-bond donors (Lipinski definition) is 0. The Morgan fingerprint density at radius 2 is 1.62 bits per heavy atom. The van der Waals surface area contributed by atoms with Gasteiger partial charge in [-0.05, 0) is 29.3 Å². The molecule has 21 heavy (non-hydrogen) atoms. The maximum absolute atomic E-state index is 13.6. The molecule has 0 N–H and O–H groups in total. The number of halogens is 1. The predicted molar refractivity (Wildman–Crippen MR) is 80.6 cm³/mol. The molecule has 1 aromatic heterocycles. The minimum atomic E-state index is -0.328. The summed E-state index contributed by atoms with van der Waals surface area (Å²) in [5, 5.41) is 0.974. The molecule has 0 saturated heterocycles. The summed E-state index contributed by atoms with van der Waals surface area (Å²) < 4.78 is 13.6. The van der Waals surface area contributed by atoms with E-state index < -0.39 is 0 Å². The summed E-state index contributed by atoms with van der Waals surface area (Å²) in [6.07, 6.45) is 2.11. The first-order valence-corrected chi connectivity index (χ1v) is 6.82. The number of rotatable bonds is 4. The fraction of sp³-hybridized carbons (Fsp3) is 0.111. The Hall–Kier alpha value is -2.55. The van der Waals surface area contributed by atoms with Crippen LogP contribution in [0.1, 0.15) is 11.1 Å². The molecule has 0 atom stereocenters. The maximum Gasteiger partial charge on any atom is 0.141 e. The Kier molecular flexibility index (Phi) is 3.73. The SMILES string of the molecule is O=C(Cc1ccccc1F)Cc1ccnc2ccccc12. The van der Waals surface area contributed by atoms with E-state index >= 15 is 0 Å². The predicted octanol–water partition coefficient (Wildman–Crippen LogP) is 3.73. The molecule has 0 aliphatic carbocycles. The Bertz CT molecular complexity index is 793. The molecule has 0 bridgehead atoms. The second-order valence-electron chi connectivity index (χ2n) is 4.97. The zero-order valence-electron chi connectivity index (χ0n) is 11.4. The van der Waals surface area contributed by atoms with Crippen molar-refractivity contribution in [2.24, 2.45) is 0 Å². The molecule has 0 unspecified atom stereocenters. The van der Waals surface area contributed by atoms with Gasteiger partial charge in [-0.3, -0.25) is 9.78 Å². The van der Waals surface area contributed by atoms with Gasteiger partial charge in [0.2, 0.25) is 0 Å². The number of Topliss-reactive ketones (excluding diaryl/α,β-unsaturated/α-hetero) is 1. The van der Waals surface area contributed by atoms with E-state index in [0.717, 1.165) is 16.5 Å². The first-order valence-electron chi connectivity index (χ1n) is 6.82. The third-order valence-corrected chi connectivity index (χ3v) is 3.47. The van der Waals surface area contributed by atoms with Crippen LogP contribution in [-0.4, -0.2) is 10.8 Å². The van der Waals surface area contributed by atoms with Gasteiger partial charge < -0.3 is 0 Å². The quantitative estimate of drug-likeness (QED) is 0.728. The van der Waals surface area contributed by atoms with E-state index in [4.69, 9.17) is 0 Å². The summed E-state index contributed by atoms with van der Waals surface area (Å²) in [4.78, 5) is 16.5. The van der Waals surface area contributed by atoms with Gasteiger partial charge in [0.1, 0.15) is 11.6 Å². The summed E-state index contributed by atoms with van der Waals surface area (Å²) in [6, 6.07) is 16.0. The third-order valence-electron chi connectivity index (χ3n) is 3.47. The van der Waals surface area contributed by atoms with Crippen LogP contribution in [0.25, 0.3) is 10.9 Å². The molecule has 0 fully saturated rings. The van der Waals surface area contributed by atoms with Crippen molar-refractivity contribution in [1.29, 1.82) is 0 Å². The fourth-order valence-corrected chi connectivity index (χ4v) is 2.44. The lowest BCUT2D eigenvalue weighted by Crippen LogP contribution is -2.08. The van der Waals surface area contributed by atoms with E-state index in [1.54, 1.807) is 24.4 Å². The summed E-state index contributed by atoms with van der Waals surface area (Å²) >= 11 is 0. The second kappa shape index (κ2) is 5.83. The van der Waals surface area contributed by atoms with Crippen molar-refractivity contribution in [2.45, 2.75) is 12.8 Å². The van der Waals surface area contributed by atoms with Gasteiger partial charge >= 0.3 is 0 Å². The third kappa shape index (κ3) is 2.97. The number of para-hydroxylation sites is 1. The van der Waals surface area contributed by atoms with Crippen molar-refractivity contribution in [2.75, 3.05) is 0 Å². The Morgan fingerprint density at radius 1 is 0.905 bits per heavy atom. The van der Waals surface area contributed by atoms with Crippen molar-refractivity contribution in [1.82, 2.24) is 4.98 Å². The molecule has 0 aliphatic rings. The van der Waals surface area contributed by atoms with Crippen LogP contribution in [0, 0.1) is 5.82 Å². The van der Waals surface area contributed by atoms with Crippen molar-refractivity contribution >= 4 is 16.7 Å². The highest BCUT2D eigenvalue weighted by molar-refractivity contribution is 5.89. The minimum Gasteiger partial charge on any atom is -0.299 e. The number of fused-ring (bicyclic) bond motifs is 1. The van der Waals surface area contributed by atoms with Crippen LogP contribution >= 0.6 is 0 Å². The number of nitrogens with zero attached hydrogens (tertiary/aromatic N) is 1. The van der Waals surface area contributed by atoms with Crippen LogP contribution in [0.5, 0.6) is 0 Å². The average Bonchev–Trinajstić information content (AvgIpc) is 2.50. The molecular weight excluding hydrogens is 265 g/mol. The lowest BCUT2D eigenvalue weighted by Gasteiger charge is -2.06. The van der Waals surface area contributed by atoms with Gasteiger partial charge in [-0.1, -0.05) is 36.4 Å². The van der Waals surface area contributed by atoms with Crippen LogP contribution in [0.3, 0.4) is 0 Å². The van der Waals surface area contributed by atoms with Crippen molar-refractivity contribution in [3.8, 4) is 0 Å². The van der Waals surface area contributed by atoms with E-state index in [0.29, 0.717) is 5.56 Å². The van der Waals surface area contributed by atoms with Gasteiger partial charge in [-0.2, -0.15) is 0 Å². The number of hydrogen-bond acceptors (Lipinski definition) is 2. The number of benzene rings is 2. The molecule has 0 spiro atoms. The summed E-state index contributed by atoms with van der Waals surface area (Å²) in [5.41, 5.74) is 2.25. The van der Waals surface area contributed by atoms with E-state index in [9.17, 15) is 9.18 Å². The monoisotopic (exact) mass is 279 g/mol. The van der Waals surface area contributed by atoms with Crippen LogP contribution < -0.4 is 0 Å². The molecule has 2 aromatic carbocycles. The molecule has 3 rings (SSSR count).